The van der Waals surface area contributed by atoms with Gasteiger partial charge in [0.2, 0.25) is 5.88 Å². The Morgan fingerprint density at radius 3 is 2.80 bits per heavy atom. The van der Waals surface area contributed by atoms with Gasteiger partial charge in [-0.15, -0.1) is 0 Å². The highest BCUT2D eigenvalue weighted by Crippen LogP contribution is 2.07. The van der Waals surface area contributed by atoms with Gasteiger partial charge in [-0.25, -0.2) is 4.98 Å². The zero-order valence-corrected chi connectivity index (χ0v) is 9.03. The molecule has 4 heteroatoms. The first-order valence-corrected chi connectivity index (χ1v) is 4.84. The van der Waals surface area contributed by atoms with Gasteiger partial charge in [0.25, 0.3) is 0 Å². The minimum Gasteiger partial charge on any atom is -0.481 e. The van der Waals surface area contributed by atoms with Crippen molar-refractivity contribution < 1.29 is 14.3 Å². The van der Waals surface area contributed by atoms with Crippen molar-refractivity contribution in [1.29, 1.82) is 0 Å². The topological polar surface area (TPSA) is 48.4 Å². The number of nitrogens with zero attached hydrogens (tertiary/aromatic N) is 1. The molecule has 0 amide bonds. The van der Waals surface area contributed by atoms with Crippen LogP contribution >= 0.6 is 0 Å². The average Bonchev–Trinajstić information content (AvgIpc) is 2.29. The standard InChI is InChI=1S/C11H15NO3/c1-3-10(13)8-15-7-9-4-5-11(14-2)12-6-9/h4-6H,3,7-8H2,1-2H3. The normalized spacial score (nSPS) is 10.0. The minimum absolute atomic E-state index is 0.108. The minimum atomic E-state index is 0.108. The van der Waals surface area contributed by atoms with Crippen LogP contribution in [-0.4, -0.2) is 24.5 Å². The van der Waals surface area contributed by atoms with Gasteiger partial charge in [0.1, 0.15) is 6.61 Å². The lowest BCUT2D eigenvalue weighted by Crippen LogP contribution is -2.06. The molecule has 0 fully saturated rings. The van der Waals surface area contributed by atoms with Gasteiger partial charge < -0.3 is 9.47 Å². The maximum absolute atomic E-state index is 10.9. The molecule has 0 aromatic carbocycles. The van der Waals surface area contributed by atoms with Crippen molar-refractivity contribution in [3.05, 3.63) is 23.9 Å². The Bertz CT molecular complexity index is 308. The summed E-state index contributed by atoms with van der Waals surface area (Å²) in [6, 6.07) is 3.63. The Morgan fingerprint density at radius 1 is 1.47 bits per heavy atom. The van der Waals surface area contributed by atoms with Gasteiger partial charge in [0, 0.05) is 18.7 Å². The van der Waals surface area contributed by atoms with Gasteiger partial charge in [-0.05, 0) is 11.6 Å². The molecule has 1 rings (SSSR count). The predicted molar refractivity (Wildman–Crippen MR) is 55.7 cm³/mol. The molecule has 1 heterocycles. The third-order valence-corrected chi connectivity index (χ3v) is 1.93. The Hall–Kier alpha value is -1.42. The lowest BCUT2D eigenvalue weighted by molar-refractivity contribution is -0.123. The monoisotopic (exact) mass is 209 g/mol. The third-order valence-electron chi connectivity index (χ3n) is 1.93. The van der Waals surface area contributed by atoms with Crippen LogP contribution in [0.4, 0.5) is 0 Å². The van der Waals surface area contributed by atoms with Gasteiger partial charge in [-0.3, -0.25) is 4.79 Å². The van der Waals surface area contributed by atoms with Crippen molar-refractivity contribution in [1.82, 2.24) is 4.98 Å². The second-order valence-corrected chi connectivity index (χ2v) is 3.09. The molecule has 0 aliphatic rings. The molecule has 1 aromatic rings. The molecule has 0 radical (unpaired) electrons. The summed E-state index contributed by atoms with van der Waals surface area (Å²) in [5.74, 6) is 0.680. The fourth-order valence-electron chi connectivity index (χ4n) is 1.00. The number of rotatable bonds is 6. The van der Waals surface area contributed by atoms with Gasteiger partial charge in [-0.2, -0.15) is 0 Å². The SMILES string of the molecule is CCC(=O)COCc1ccc(OC)nc1. The lowest BCUT2D eigenvalue weighted by Gasteiger charge is -2.03. The van der Waals surface area contributed by atoms with Crippen LogP contribution in [0.3, 0.4) is 0 Å². The van der Waals surface area contributed by atoms with Gasteiger partial charge in [0.15, 0.2) is 5.78 Å². The van der Waals surface area contributed by atoms with Crippen molar-refractivity contribution in [2.24, 2.45) is 0 Å². The van der Waals surface area contributed by atoms with E-state index in [-0.39, 0.29) is 12.4 Å². The van der Waals surface area contributed by atoms with E-state index in [9.17, 15) is 4.79 Å². The van der Waals surface area contributed by atoms with Crippen LogP contribution in [0.2, 0.25) is 0 Å². The summed E-state index contributed by atoms with van der Waals surface area (Å²) in [5.41, 5.74) is 0.930. The number of carbonyl (C=O) groups is 1. The van der Waals surface area contributed by atoms with Crippen molar-refractivity contribution in [3.8, 4) is 5.88 Å². The average molecular weight is 209 g/mol. The zero-order chi connectivity index (χ0) is 11.1. The molecule has 1 aromatic heterocycles. The van der Waals surface area contributed by atoms with E-state index in [0.717, 1.165) is 5.56 Å². The zero-order valence-electron chi connectivity index (χ0n) is 9.03. The summed E-state index contributed by atoms with van der Waals surface area (Å²) >= 11 is 0. The molecule has 0 aliphatic carbocycles. The molecule has 0 aliphatic heterocycles. The van der Waals surface area contributed by atoms with Gasteiger partial charge in [-0.1, -0.05) is 6.92 Å². The number of hydrogen-bond acceptors (Lipinski definition) is 4. The summed E-state index contributed by atoms with van der Waals surface area (Å²) in [7, 11) is 1.57. The van der Waals surface area contributed by atoms with Crippen LogP contribution in [-0.2, 0) is 16.1 Å². The number of carbonyl (C=O) groups excluding carboxylic acids is 1. The van der Waals surface area contributed by atoms with E-state index in [1.807, 2.05) is 13.0 Å². The molecule has 82 valence electrons. The molecule has 4 nitrogen and oxygen atoms in total. The van der Waals surface area contributed by atoms with E-state index in [1.54, 1.807) is 19.4 Å². The number of ketones is 1. The first-order valence-electron chi connectivity index (χ1n) is 4.84. The van der Waals surface area contributed by atoms with Crippen molar-refractivity contribution >= 4 is 5.78 Å². The number of hydrogen-bond donors (Lipinski definition) is 0. The van der Waals surface area contributed by atoms with E-state index in [4.69, 9.17) is 9.47 Å². The molecule has 0 saturated carbocycles. The van der Waals surface area contributed by atoms with Crippen LogP contribution in [0, 0.1) is 0 Å². The molecule has 0 bridgehead atoms. The van der Waals surface area contributed by atoms with Crippen molar-refractivity contribution in [3.63, 3.8) is 0 Å². The quantitative estimate of drug-likeness (QED) is 0.713. The molecule has 0 unspecified atom stereocenters. The molecule has 0 atom stereocenters. The Balaban J connectivity index is 2.34. The molecule has 0 N–H and O–H groups in total. The van der Waals surface area contributed by atoms with E-state index < -0.39 is 0 Å². The van der Waals surface area contributed by atoms with Crippen LogP contribution in [0.5, 0.6) is 5.88 Å². The summed E-state index contributed by atoms with van der Waals surface area (Å²) in [6.07, 6.45) is 2.19. The molecule has 0 spiro atoms. The Kier molecular flexibility index (Phi) is 4.77. The summed E-state index contributed by atoms with van der Waals surface area (Å²) in [6.45, 7) is 2.39. The van der Waals surface area contributed by atoms with E-state index in [2.05, 4.69) is 4.98 Å². The summed E-state index contributed by atoms with van der Waals surface area (Å²) in [4.78, 5) is 15.0. The molecular formula is C11H15NO3. The predicted octanol–water partition coefficient (Wildman–Crippen LogP) is 1.59. The molecule has 0 saturated heterocycles. The fourth-order valence-corrected chi connectivity index (χ4v) is 1.00. The summed E-state index contributed by atoms with van der Waals surface area (Å²) < 4.78 is 10.1. The van der Waals surface area contributed by atoms with Crippen LogP contribution in [0.15, 0.2) is 18.3 Å². The number of aromatic nitrogens is 1. The van der Waals surface area contributed by atoms with Gasteiger partial charge in [0.05, 0.1) is 13.7 Å². The maximum atomic E-state index is 10.9. The van der Waals surface area contributed by atoms with E-state index in [1.165, 1.54) is 0 Å². The van der Waals surface area contributed by atoms with E-state index >= 15 is 0 Å². The number of pyridine rings is 1. The highest BCUT2D eigenvalue weighted by molar-refractivity contribution is 5.79. The molecule has 15 heavy (non-hydrogen) atoms. The fraction of sp³-hybridized carbons (Fsp3) is 0.455. The first-order chi connectivity index (χ1) is 7.26. The second kappa shape index (κ2) is 6.14. The van der Waals surface area contributed by atoms with Crippen LogP contribution in [0.25, 0.3) is 0 Å². The largest absolute Gasteiger partial charge is 0.481 e. The number of methoxy groups -OCH3 is 1. The summed E-state index contributed by atoms with van der Waals surface area (Å²) in [5, 5.41) is 0. The van der Waals surface area contributed by atoms with Gasteiger partial charge >= 0.3 is 0 Å². The smallest absolute Gasteiger partial charge is 0.212 e. The van der Waals surface area contributed by atoms with Crippen molar-refractivity contribution in [2.45, 2.75) is 20.0 Å². The van der Waals surface area contributed by atoms with Crippen LogP contribution < -0.4 is 4.74 Å². The highest BCUT2D eigenvalue weighted by atomic mass is 16.5. The number of Topliss-reactive ketones (excluding diaryl/α,β-unsaturated/α-hetero) is 1. The third kappa shape index (κ3) is 4.08. The maximum Gasteiger partial charge on any atom is 0.212 e. The van der Waals surface area contributed by atoms with Crippen molar-refractivity contribution in [2.75, 3.05) is 13.7 Å². The second-order valence-electron chi connectivity index (χ2n) is 3.09. The Labute approximate surface area is 89.2 Å². The van der Waals surface area contributed by atoms with E-state index in [0.29, 0.717) is 18.9 Å². The van der Waals surface area contributed by atoms with Crippen LogP contribution in [0.1, 0.15) is 18.9 Å². The molecular weight excluding hydrogens is 194 g/mol. The number of ether oxygens (including phenoxy) is 2. The first kappa shape index (κ1) is 11.7. The lowest BCUT2D eigenvalue weighted by atomic mass is 10.3. The Morgan fingerprint density at radius 2 is 2.27 bits per heavy atom. The highest BCUT2D eigenvalue weighted by Gasteiger charge is 1.99.